The number of likely N-dealkylation sites (tertiary alicyclic amines) is 1. The number of hydrogen-bond acceptors (Lipinski definition) is 5. The average Bonchev–Trinajstić information content (AvgIpc) is 3.09. The van der Waals surface area contributed by atoms with Crippen molar-refractivity contribution in [3.05, 3.63) is 101 Å². The molecule has 7 heteroatoms. The van der Waals surface area contributed by atoms with Crippen LogP contribution in [0.15, 0.2) is 72.6 Å². The first kappa shape index (κ1) is 24.1. The molecule has 1 atom stereocenters. The van der Waals surface area contributed by atoms with Gasteiger partial charge < -0.3 is 14.7 Å². The van der Waals surface area contributed by atoms with Gasteiger partial charge in [0.25, 0.3) is 11.7 Å². The fourth-order valence-electron chi connectivity index (χ4n) is 4.09. The number of ether oxygens (including phenoxy) is 1. The highest BCUT2D eigenvalue weighted by Crippen LogP contribution is 2.40. The van der Waals surface area contributed by atoms with Crippen LogP contribution in [0.2, 0.25) is 0 Å². The number of amides is 1. The molecule has 1 aromatic heterocycles. The molecule has 4 rings (SSSR count). The molecule has 0 saturated carbocycles. The Morgan fingerprint density at radius 2 is 1.89 bits per heavy atom. The number of carbonyl (C=O) groups is 2. The van der Waals surface area contributed by atoms with Gasteiger partial charge in [0.05, 0.1) is 18.2 Å². The summed E-state index contributed by atoms with van der Waals surface area (Å²) in [6, 6.07) is 13.4. The molecule has 1 saturated heterocycles. The van der Waals surface area contributed by atoms with E-state index < -0.39 is 23.5 Å². The van der Waals surface area contributed by atoms with E-state index in [1.165, 1.54) is 29.2 Å². The van der Waals surface area contributed by atoms with Crippen LogP contribution in [-0.2, 0) is 16.1 Å². The van der Waals surface area contributed by atoms with E-state index in [0.717, 1.165) is 11.1 Å². The Morgan fingerprint density at radius 3 is 2.51 bits per heavy atom. The highest BCUT2D eigenvalue weighted by atomic mass is 19.1. The summed E-state index contributed by atoms with van der Waals surface area (Å²) in [6.07, 6.45) is 3.23. The zero-order valence-corrected chi connectivity index (χ0v) is 19.9. The Kier molecular flexibility index (Phi) is 6.96. The van der Waals surface area contributed by atoms with Gasteiger partial charge in [-0.05, 0) is 65.9 Å². The molecule has 0 aliphatic carbocycles. The summed E-state index contributed by atoms with van der Waals surface area (Å²) in [4.78, 5) is 31.7. The monoisotopic (exact) mass is 474 g/mol. The van der Waals surface area contributed by atoms with Crippen molar-refractivity contribution in [2.75, 3.05) is 6.61 Å². The number of benzene rings is 2. The molecule has 1 aliphatic heterocycles. The minimum absolute atomic E-state index is 0.0410. The summed E-state index contributed by atoms with van der Waals surface area (Å²) in [5.74, 6) is -1.22. The molecule has 2 heterocycles. The Balaban J connectivity index is 1.78. The van der Waals surface area contributed by atoms with E-state index in [9.17, 15) is 19.1 Å². The first-order valence-corrected chi connectivity index (χ1v) is 11.4. The second-order valence-electron chi connectivity index (χ2n) is 9.02. The van der Waals surface area contributed by atoms with E-state index in [4.69, 9.17) is 4.74 Å². The van der Waals surface area contributed by atoms with Gasteiger partial charge >= 0.3 is 0 Å². The number of pyridine rings is 1. The van der Waals surface area contributed by atoms with E-state index >= 15 is 0 Å². The molecule has 3 aromatic rings. The van der Waals surface area contributed by atoms with E-state index in [0.29, 0.717) is 29.4 Å². The summed E-state index contributed by atoms with van der Waals surface area (Å²) in [7, 11) is 0. The van der Waals surface area contributed by atoms with Gasteiger partial charge in [0.2, 0.25) is 0 Å². The number of aliphatic hydroxyl groups excluding tert-OH is 1. The Bertz CT molecular complexity index is 1270. The third-order valence-corrected chi connectivity index (χ3v) is 5.82. The molecular weight excluding hydrogens is 447 g/mol. The lowest BCUT2D eigenvalue weighted by Crippen LogP contribution is -2.29. The third-order valence-electron chi connectivity index (χ3n) is 5.82. The van der Waals surface area contributed by atoms with E-state index in [1.54, 1.807) is 42.7 Å². The maximum Gasteiger partial charge on any atom is 0.295 e. The van der Waals surface area contributed by atoms with Crippen LogP contribution in [0.1, 0.15) is 42.1 Å². The van der Waals surface area contributed by atoms with Gasteiger partial charge in [-0.2, -0.15) is 0 Å². The fraction of sp³-hybridized carbons (Fsp3) is 0.250. The molecular formula is C28H27FN2O4. The van der Waals surface area contributed by atoms with Crippen molar-refractivity contribution in [2.24, 2.45) is 5.92 Å². The quantitative estimate of drug-likeness (QED) is 0.290. The molecule has 0 spiro atoms. The first-order valence-electron chi connectivity index (χ1n) is 11.4. The number of aryl methyl sites for hydroxylation is 1. The van der Waals surface area contributed by atoms with E-state index in [1.807, 2.05) is 6.92 Å². The van der Waals surface area contributed by atoms with Gasteiger partial charge in [0, 0.05) is 24.5 Å². The van der Waals surface area contributed by atoms with Crippen molar-refractivity contribution in [3.63, 3.8) is 0 Å². The Morgan fingerprint density at radius 1 is 1.14 bits per heavy atom. The summed E-state index contributed by atoms with van der Waals surface area (Å²) in [5.41, 5.74) is 2.39. The lowest BCUT2D eigenvalue weighted by Gasteiger charge is -2.25. The predicted octanol–water partition coefficient (Wildman–Crippen LogP) is 5.19. The predicted molar refractivity (Wildman–Crippen MR) is 130 cm³/mol. The molecule has 1 amide bonds. The van der Waals surface area contributed by atoms with Gasteiger partial charge in [0.15, 0.2) is 0 Å². The highest BCUT2D eigenvalue weighted by Gasteiger charge is 2.46. The maximum atomic E-state index is 13.7. The van der Waals surface area contributed by atoms with Crippen LogP contribution in [0.25, 0.3) is 5.76 Å². The van der Waals surface area contributed by atoms with Crippen LogP contribution < -0.4 is 4.74 Å². The largest absolute Gasteiger partial charge is 0.507 e. The summed E-state index contributed by atoms with van der Waals surface area (Å²) >= 11 is 0. The standard InChI is InChI=1S/C28H27FN2O4/c1-17(2)16-35-23-11-8-21(13-18(23)3)26(32)24-25(20-6-9-22(29)10-7-20)31(28(34)27(24)33)15-19-5-4-12-30-14-19/h4-14,17,25,32H,15-16H2,1-3H3/b26-24+/t25-/m1/s1. The van der Waals surface area contributed by atoms with Gasteiger partial charge in [-0.1, -0.05) is 32.0 Å². The molecule has 6 nitrogen and oxygen atoms in total. The molecule has 0 unspecified atom stereocenters. The van der Waals surface area contributed by atoms with Crippen molar-refractivity contribution < 1.29 is 23.8 Å². The van der Waals surface area contributed by atoms with Gasteiger partial charge in [-0.3, -0.25) is 14.6 Å². The molecule has 0 radical (unpaired) electrons. The van der Waals surface area contributed by atoms with Crippen LogP contribution in [0.3, 0.4) is 0 Å². The molecule has 35 heavy (non-hydrogen) atoms. The van der Waals surface area contributed by atoms with Crippen LogP contribution >= 0.6 is 0 Å². The summed E-state index contributed by atoms with van der Waals surface area (Å²) < 4.78 is 19.5. The maximum absolute atomic E-state index is 13.7. The number of ketones is 1. The van der Waals surface area contributed by atoms with Crippen LogP contribution in [0.5, 0.6) is 5.75 Å². The second-order valence-corrected chi connectivity index (χ2v) is 9.02. The summed E-state index contributed by atoms with van der Waals surface area (Å²) in [5, 5.41) is 11.3. The number of rotatable bonds is 7. The molecule has 1 N–H and O–H groups in total. The number of aromatic nitrogens is 1. The molecule has 2 aromatic carbocycles. The van der Waals surface area contributed by atoms with Crippen LogP contribution in [-0.4, -0.2) is 33.3 Å². The number of carbonyl (C=O) groups excluding carboxylic acids is 2. The van der Waals surface area contributed by atoms with Gasteiger partial charge in [-0.15, -0.1) is 0 Å². The van der Waals surface area contributed by atoms with Crippen molar-refractivity contribution in [1.29, 1.82) is 0 Å². The van der Waals surface area contributed by atoms with Crippen molar-refractivity contribution in [2.45, 2.75) is 33.4 Å². The van der Waals surface area contributed by atoms with Crippen LogP contribution in [0.4, 0.5) is 4.39 Å². The minimum Gasteiger partial charge on any atom is -0.507 e. The van der Waals surface area contributed by atoms with Crippen molar-refractivity contribution in [1.82, 2.24) is 9.88 Å². The van der Waals surface area contributed by atoms with Gasteiger partial charge in [-0.25, -0.2) is 4.39 Å². The zero-order valence-electron chi connectivity index (χ0n) is 19.9. The van der Waals surface area contributed by atoms with Crippen molar-refractivity contribution in [3.8, 4) is 5.75 Å². The Labute approximate surface area is 203 Å². The number of Topliss-reactive ketones (excluding diaryl/α,β-unsaturated/α-hetero) is 1. The third kappa shape index (κ3) is 5.09. The average molecular weight is 475 g/mol. The fourth-order valence-corrected chi connectivity index (χ4v) is 4.09. The SMILES string of the molecule is Cc1cc(/C(O)=C2\C(=O)C(=O)N(Cc3cccnc3)[C@@H]2c2ccc(F)cc2)ccc1OCC(C)C. The van der Waals surface area contributed by atoms with Crippen molar-refractivity contribution >= 4 is 17.4 Å². The second kappa shape index (κ2) is 10.1. The zero-order chi connectivity index (χ0) is 25.1. The smallest absolute Gasteiger partial charge is 0.295 e. The lowest BCUT2D eigenvalue weighted by molar-refractivity contribution is -0.140. The minimum atomic E-state index is -0.882. The highest BCUT2D eigenvalue weighted by molar-refractivity contribution is 6.46. The van der Waals surface area contributed by atoms with Crippen LogP contribution in [0, 0.1) is 18.7 Å². The topological polar surface area (TPSA) is 79.7 Å². The summed E-state index contributed by atoms with van der Waals surface area (Å²) in [6.45, 7) is 6.62. The number of aliphatic hydroxyl groups is 1. The van der Waals surface area contributed by atoms with Gasteiger partial charge in [0.1, 0.15) is 17.3 Å². The molecule has 1 fully saturated rings. The van der Waals surface area contributed by atoms with E-state index in [2.05, 4.69) is 18.8 Å². The number of hydrogen-bond donors (Lipinski definition) is 1. The number of nitrogens with zero attached hydrogens (tertiary/aromatic N) is 2. The lowest BCUT2D eigenvalue weighted by atomic mass is 9.94. The Hall–Kier alpha value is -4.00. The molecule has 1 aliphatic rings. The number of halogens is 1. The first-order chi connectivity index (χ1) is 16.8. The molecule has 0 bridgehead atoms. The molecule has 180 valence electrons. The van der Waals surface area contributed by atoms with E-state index in [-0.39, 0.29) is 17.9 Å². The normalized spacial score (nSPS) is 17.3.